The fraction of sp³-hybridized carbons (Fsp3) is 0.158. The van der Waals surface area contributed by atoms with Gasteiger partial charge in [0.2, 0.25) is 0 Å². The van der Waals surface area contributed by atoms with Gasteiger partial charge >= 0.3 is 0 Å². The number of thioether (sulfide) groups is 1. The molecule has 0 bridgehead atoms. The highest BCUT2D eigenvalue weighted by molar-refractivity contribution is 7.98. The largest absolute Gasteiger partial charge is 0.486 e. The van der Waals surface area contributed by atoms with Gasteiger partial charge in [0.25, 0.3) is 5.56 Å². The molecule has 0 radical (unpaired) electrons. The van der Waals surface area contributed by atoms with Gasteiger partial charge in [-0.25, -0.2) is 9.37 Å². The number of hydrogen-bond acceptors (Lipinski definition) is 5. The van der Waals surface area contributed by atoms with E-state index < -0.39 is 5.82 Å². The minimum atomic E-state index is -0.405. The predicted octanol–water partition coefficient (Wildman–Crippen LogP) is 4.09. The Balaban J connectivity index is 1.63. The first-order valence-corrected chi connectivity index (χ1v) is 9.53. The molecule has 2 heterocycles. The summed E-state index contributed by atoms with van der Waals surface area (Å²) in [5, 5.41) is 0.581. The van der Waals surface area contributed by atoms with Gasteiger partial charge in [0.1, 0.15) is 19.0 Å². The molecule has 3 aromatic rings. The molecule has 4 rings (SSSR count). The normalized spacial score (nSPS) is 12.8. The molecule has 0 saturated heterocycles. The molecule has 0 N–H and O–H groups in total. The molecule has 0 fully saturated rings. The summed E-state index contributed by atoms with van der Waals surface area (Å²) in [6.45, 7) is 0.965. The first-order chi connectivity index (χ1) is 13.1. The summed E-state index contributed by atoms with van der Waals surface area (Å²) in [7, 11) is 0. The number of aromatic nitrogens is 2. The number of benzene rings is 2. The molecule has 1 aromatic heterocycles. The van der Waals surface area contributed by atoms with Gasteiger partial charge in [0.15, 0.2) is 16.5 Å². The van der Waals surface area contributed by atoms with E-state index in [1.165, 1.54) is 16.8 Å². The van der Waals surface area contributed by atoms with E-state index >= 15 is 0 Å². The third-order valence-corrected chi connectivity index (χ3v) is 5.37. The Hall–Kier alpha value is -2.51. The van der Waals surface area contributed by atoms with Crippen LogP contribution in [0.5, 0.6) is 11.5 Å². The van der Waals surface area contributed by atoms with Crippen LogP contribution in [-0.4, -0.2) is 22.8 Å². The van der Waals surface area contributed by atoms with Gasteiger partial charge in [0.05, 0.1) is 5.69 Å². The maximum absolute atomic E-state index is 13.9. The highest BCUT2D eigenvalue weighted by Gasteiger charge is 2.15. The van der Waals surface area contributed by atoms with Crippen LogP contribution in [0, 0.1) is 5.82 Å². The van der Waals surface area contributed by atoms with Crippen molar-refractivity contribution in [3.05, 3.63) is 75.5 Å². The van der Waals surface area contributed by atoms with E-state index in [0.717, 1.165) is 11.8 Å². The number of hydrogen-bond donors (Lipinski definition) is 0. The van der Waals surface area contributed by atoms with Crippen molar-refractivity contribution in [3.8, 4) is 17.2 Å². The molecule has 1 aliphatic heterocycles. The van der Waals surface area contributed by atoms with Gasteiger partial charge in [-0.15, -0.1) is 0 Å². The minimum Gasteiger partial charge on any atom is -0.486 e. The van der Waals surface area contributed by atoms with Crippen molar-refractivity contribution < 1.29 is 13.9 Å². The van der Waals surface area contributed by atoms with E-state index in [4.69, 9.17) is 21.1 Å². The molecule has 0 aliphatic carbocycles. The van der Waals surface area contributed by atoms with Crippen molar-refractivity contribution >= 4 is 23.4 Å². The van der Waals surface area contributed by atoms with Gasteiger partial charge < -0.3 is 9.47 Å². The van der Waals surface area contributed by atoms with Gasteiger partial charge in [0, 0.05) is 34.8 Å². The third kappa shape index (κ3) is 3.65. The molecule has 0 atom stereocenters. The molecule has 138 valence electrons. The first-order valence-electron chi connectivity index (χ1n) is 8.17. The molecule has 2 aromatic carbocycles. The zero-order chi connectivity index (χ0) is 18.8. The van der Waals surface area contributed by atoms with Crippen LogP contribution in [-0.2, 0) is 5.75 Å². The number of nitrogens with zero attached hydrogens (tertiary/aromatic N) is 2. The summed E-state index contributed by atoms with van der Waals surface area (Å²) < 4.78 is 26.5. The molecule has 8 heteroatoms. The summed E-state index contributed by atoms with van der Waals surface area (Å²) in [5.41, 5.74) is 0.684. The van der Waals surface area contributed by atoms with E-state index in [0.29, 0.717) is 41.0 Å². The van der Waals surface area contributed by atoms with Crippen LogP contribution in [0.15, 0.2) is 58.6 Å². The molecule has 0 saturated carbocycles. The fourth-order valence-electron chi connectivity index (χ4n) is 2.69. The standard InChI is InChI=1S/C19H14ClFN2O3S/c20-14-2-1-3-15(21)13(14)11-27-18-19(24)23(7-6-22-18)12-4-5-16-17(10-12)26-9-8-25-16/h1-7,10H,8-9,11H2. The van der Waals surface area contributed by atoms with Crippen LogP contribution in [0.3, 0.4) is 0 Å². The van der Waals surface area contributed by atoms with Gasteiger partial charge in [-0.2, -0.15) is 0 Å². The Morgan fingerprint density at radius 1 is 1.19 bits per heavy atom. The van der Waals surface area contributed by atoms with Crippen molar-refractivity contribution in [2.24, 2.45) is 0 Å². The van der Waals surface area contributed by atoms with Crippen molar-refractivity contribution in [1.82, 2.24) is 9.55 Å². The van der Waals surface area contributed by atoms with E-state index in [-0.39, 0.29) is 16.3 Å². The van der Waals surface area contributed by atoms with E-state index in [9.17, 15) is 9.18 Å². The lowest BCUT2D eigenvalue weighted by atomic mass is 10.2. The Morgan fingerprint density at radius 2 is 2.00 bits per heavy atom. The third-order valence-electron chi connectivity index (χ3n) is 4.03. The predicted molar refractivity (Wildman–Crippen MR) is 102 cm³/mol. The van der Waals surface area contributed by atoms with Crippen molar-refractivity contribution in [2.75, 3.05) is 13.2 Å². The van der Waals surface area contributed by atoms with Crippen LogP contribution in [0.25, 0.3) is 5.69 Å². The molecule has 0 spiro atoms. The van der Waals surface area contributed by atoms with Crippen molar-refractivity contribution in [3.63, 3.8) is 0 Å². The van der Waals surface area contributed by atoms with Crippen molar-refractivity contribution in [1.29, 1.82) is 0 Å². The van der Waals surface area contributed by atoms with E-state index in [1.54, 1.807) is 36.5 Å². The summed E-state index contributed by atoms with van der Waals surface area (Å²) in [5.74, 6) is 1.04. The number of ether oxygens (including phenoxy) is 2. The lowest BCUT2D eigenvalue weighted by molar-refractivity contribution is 0.171. The average molecular weight is 405 g/mol. The van der Waals surface area contributed by atoms with E-state index in [2.05, 4.69) is 4.98 Å². The number of rotatable bonds is 4. The second-order valence-corrected chi connectivity index (χ2v) is 7.10. The average Bonchev–Trinajstić information content (AvgIpc) is 2.68. The quantitative estimate of drug-likeness (QED) is 0.613. The Morgan fingerprint density at radius 3 is 2.81 bits per heavy atom. The smallest absolute Gasteiger partial charge is 0.287 e. The lowest BCUT2D eigenvalue weighted by Gasteiger charge is -2.19. The number of halogens is 2. The van der Waals surface area contributed by atoms with Crippen LogP contribution in [0.1, 0.15) is 5.56 Å². The maximum atomic E-state index is 13.9. The van der Waals surface area contributed by atoms with Gasteiger partial charge in [-0.05, 0) is 24.3 Å². The molecule has 27 heavy (non-hydrogen) atoms. The molecular formula is C19H14ClFN2O3S. The monoisotopic (exact) mass is 404 g/mol. The highest BCUT2D eigenvalue weighted by atomic mass is 35.5. The molecule has 0 amide bonds. The number of fused-ring (bicyclic) bond motifs is 1. The lowest BCUT2D eigenvalue weighted by Crippen LogP contribution is -2.21. The Labute approximate surface area is 163 Å². The molecule has 5 nitrogen and oxygen atoms in total. The van der Waals surface area contributed by atoms with Gasteiger partial charge in [-0.3, -0.25) is 9.36 Å². The Bertz CT molecular complexity index is 1040. The summed E-state index contributed by atoms with van der Waals surface area (Å²) in [4.78, 5) is 16.9. The minimum absolute atomic E-state index is 0.207. The van der Waals surface area contributed by atoms with Crippen LogP contribution >= 0.6 is 23.4 Å². The Kier molecular flexibility index (Phi) is 5.05. The van der Waals surface area contributed by atoms with Crippen LogP contribution in [0.4, 0.5) is 4.39 Å². The zero-order valence-electron chi connectivity index (χ0n) is 14.0. The fourth-order valence-corrected chi connectivity index (χ4v) is 3.93. The SMILES string of the molecule is O=c1c(SCc2c(F)cccc2Cl)nccn1-c1ccc2c(c1)OCCO2. The second kappa shape index (κ2) is 7.62. The zero-order valence-corrected chi connectivity index (χ0v) is 15.6. The van der Waals surface area contributed by atoms with E-state index in [1.807, 2.05) is 0 Å². The van der Waals surface area contributed by atoms with Crippen LogP contribution < -0.4 is 15.0 Å². The summed E-state index contributed by atoms with van der Waals surface area (Å²) in [6, 6.07) is 9.79. The summed E-state index contributed by atoms with van der Waals surface area (Å²) >= 11 is 7.19. The second-order valence-electron chi connectivity index (χ2n) is 5.72. The van der Waals surface area contributed by atoms with Crippen molar-refractivity contribution in [2.45, 2.75) is 10.8 Å². The maximum Gasteiger partial charge on any atom is 0.287 e. The topological polar surface area (TPSA) is 53.4 Å². The van der Waals surface area contributed by atoms with Gasteiger partial charge in [-0.1, -0.05) is 29.4 Å². The first kappa shape index (κ1) is 17.9. The molecular weight excluding hydrogens is 391 g/mol. The highest BCUT2D eigenvalue weighted by Crippen LogP contribution is 2.32. The molecule has 0 unspecified atom stereocenters. The summed E-state index contributed by atoms with van der Waals surface area (Å²) in [6.07, 6.45) is 3.11. The van der Waals surface area contributed by atoms with Crippen LogP contribution in [0.2, 0.25) is 5.02 Å². The molecule has 1 aliphatic rings.